The molecule has 0 amide bonds. The van der Waals surface area contributed by atoms with Crippen LogP contribution in [-0.4, -0.2) is 37.0 Å². The molecule has 0 spiro atoms. The first-order valence-electron chi connectivity index (χ1n) is 6.83. The van der Waals surface area contributed by atoms with E-state index >= 15 is 0 Å². The summed E-state index contributed by atoms with van der Waals surface area (Å²) in [5.41, 5.74) is 0.258. The summed E-state index contributed by atoms with van der Waals surface area (Å²) in [6.07, 6.45) is 3.02. The fraction of sp³-hybridized carbons (Fsp3) is 0.500. The predicted molar refractivity (Wildman–Crippen MR) is 79.4 cm³/mol. The number of halogens is 1. The highest BCUT2D eigenvalue weighted by Gasteiger charge is 2.35. The molecule has 1 fully saturated rings. The van der Waals surface area contributed by atoms with Gasteiger partial charge in [-0.15, -0.1) is 0 Å². The minimum absolute atomic E-state index is 0.0342. The fourth-order valence-corrected chi connectivity index (χ4v) is 4.52. The molecule has 0 atom stereocenters. The van der Waals surface area contributed by atoms with Crippen molar-refractivity contribution in [2.45, 2.75) is 36.6 Å². The van der Waals surface area contributed by atoms with Gasteiger partial charge in [0.05, 0.1) is 16.7 Å². The minimum Gasteiger partial charge on any atom is -0.396 e. The monoisotopic (exact) mass is 328 g/mol. The van der Waals surface area contributed by atoms with Crippen LogP contribution in [0.15, 0.2) is 23.1 Å². The zero-order chi connectivity index (χ0) is 15.5. The molecular formula is C14H17ClN2O3S. The number of nitriles is 1. The number of hydrogen-bond donors (Lipinski definition) is 1. The van der Waals surface area contributed by atoms with Crippen molar-refractivity contribution >= 4 is 21.6 Å². The highest BCUT2D eigenvalue weighted by molar-refractivity contribution is 7.89. The van der Waals surface area contributed by atoms with E-state index in [9.17, 15) is 8.42 Å². The summed E-state index contributed by atoms with van der Waals surface area (Å²) in [4.78, 5) is -0.0342. The summed E-state index contributed by atoms with van der Waals surface area (Å²) in [6, 6.07) is 6.11. The zero-order valence-electron chi connectivity index (χ0n) is 11.5. The van der Waals surface area contributed by atoms with E-state index in [1.807, 2.05) is 6.07 Å². The molecular weight excluding hydrogens is 312 g/mol. The topological polar surface area (TPSA) is 81.4 Å². The molecule has 114 valence electrons. The Morgan fingerprint density at radius 2 is 2.14 bits per heavy atom. The van der Waals surface area contributed by atoms with Crippen molar-refractivity contribution in [3.63, 3.8) is 0 Å². The van der Waals surface area contributed by atoms with Crippen LogP contribution in [-0.2, 0) is 10.0 Å². The predicted octanol–water partition coefficient (Wildman–Crippen LogP) is 2.14. The van der Waals surface area contributed by atoms with Crippen LogP contribution in [0.5, 0.6) is 0 Å². The molecule has 1 N–H and O–H groups in total. The van der Waals surface area contributed by atoms with Crippen LogP contribution in [0.1, 0.15) is 31.2 Å². The Morgan fingerprint density at radius 3 is 2.67 bits per heavy atom. The third kappa shape index (κ3) is 3.38. The molecule has 1 saturated carbocycles. The SMILES string of the molecule is N#Cc1ccc(Cl)c(S(=O)(=O)N(CCCO)C2CCC2)c1. The number of rotatable bonds is 6. The van der Waals surface area contributed by atoms with E-state index in [1.165, 1.54) is 22.5 Å². The normalized spacial score (nSPS) is 15.7. The molecule has 5 nitrogen and oxygen atoms in total. The first-order valence-corrected chi connectivity index (χ1v) is 8.65. The molecule has 1 aromatic rings. The van der Waals surface area contributed by atoms with Crippen LogP contribution in [0.25, 0.3) is 0 Å². The summed E-state index contributed by atoms with van der Waals surface area (Å²) in [5.74, 6) is 0. The first-order chi connectivity index (χ1) is 10.0. The number of aliphatic hydroxyl groups excluding tert-OH is 1. The molecule has 0 heterocycles. The Morgan fingerprint density at radius 1 is 1.43 bits per heavy atom. The van der Waals surface area contributed by atoms with Gasteiger partial charge in [0.15, 0.2) is 0 Å². The molecule has 1 aliphatic rings. The average Bonchev–Trinajstić information content (AvgIpc) is 2.41. The van der Waals surface area contributed by atoms with E-state index in [-0.39, 0.29) is 34.7 Å². The second-order valence-corrected chi connectivity index (χ2v) is 7.30. The van der Waals surface area contributed by atoms with Crippen molar-refractivity contribution in [3.05, 3.63) is 28.8 Å². The lowest BCUT2D eigenvalue weighted by Crippen LogP contribution is -2.44. The van der Waals surface area contributed by atoms with E-state index in [0.29, 0.717) is 6.42 Å². The van der Waals surface area contributed by atoms with Crippen LogP contribution < -0.4 is 0 Å². The molecule has 1 aliphatic carbocycles. The van der Waals surface area contributed by atoms with Gasteiger partial charge in [0.25, 0.3) is 0 Å². The summed E-state index contributed by atoms with van der Waals surface area (Å²) in [5, 5.41) is 18.0. The molecule has 0 unspecified atom stereocenters. The number of aliphatic hydroxyl groups is 1. The maximum atomic E-state index is 12.8. The molecule has 2 rings (SSSR count). The Bertz CT molecular complexity index is 651. The summed E-state index contributed by atoms with van der Waals surface area (Å²) in [6.45, 7) is 0.196. The Kier molecular flexibility index (Phi) is 5.22. The van der Waals surface area contributed by atoms with E-state index in [4.69, 9.17) is 22.0 Å². The summed E-state index contributed by atoms with van der Waals surface area (Å²) in [7, 11) is -3.76. The van der Waals surface area contributed by atoms with Gasteiger partial charge >= 0.3 is 0 Å². The quantitative estimate of drug-likeness (QED) is 0.867. The van der Waals surface area contributed by atoms with Gasteiger partial charge in [0.1, 0.15) is 4.90 Å². The van der Waals surface area contributed by atoms with E-state index in [1.54, 1.807) is 0 Å². The van der Waals surface area contributed by atoms with Gasteiger partial charge in [0, 0.05) is 19.2 Å². The molecule has 0 radical (unpaired) electrons. The second kappa shape index (κ2) is 6.75. The Labute approximate surface area is 129 Å². The summed E-state index contributed by atoms with van der Waals surface area (Å²) < 4.78 is 27.0. The van der Waals surface area contributed by atoms with Crippen molar-refractivity contribution in [1.29, 1.82) is 5.26 Å². The molecule has 0 aliphatic heterocycles. The first kappa shape index (κ1) is 16.2. The van der Waals surface area contributed by atoms with E-state index in [0.717, 1.165) is 19.3 Å². The van der Waals surface area contributed by atoms with Crippen LogP contribution >= 0.6 is 11.6 Å². The maximum Gasteiger partial charge on any atom is 0.244 e. The number of benzene rings is 1. The highest BCUT2D eigenvalue weighted by atomic mass is 35.5. The molecule has 0 saturated heterocycles. The number of hydrogen-bond acceptors (Lipinski definition) is 4. The van der Waals surface area contributed by atoms with Crippen LogP contribution in [0, 0.1) is 11.3 Å². The summed E-state index contributed by atoms with van der Waals surface area (Å²) >= 11 is 6.02. The molecule has 7 heteroatoms. The zero-order valence-corrected chi connectivity index (χ0v) is 13.1. The van der Waals surface area contributed by atoms with Crippen molar-refractivity contribution in [2.75, 3.05) is 13.2 Å². The van der Waals surface area contributed by atoms with Gasteiger partial charge in [0.2, 0.25) is 10.0 Å². The van der Waals surface area contributed by atoms with Crippen LogP contribution in [0.2, 0.25) is 5.02 Å². The van der Waals surface area contributed by atoms with Gasteiger partial charge in [-0.1, -0.05) is 18.0 Å². The largest absolute Gasteiger partial charge is 0.396 e. The van der Waals surface area contributed by atoms with Gasteiger partial charge in [-0.3, -0.25) is 0 Å². The minimum atomic E-state index is -3.76. The standard InChI is InChI=1S/C14H17ClN2O3S/c15-13-6-5-11(10-16)9-14(13)21(19,20)17(7-2-8-18)12-3-1-4-12/h5-6,9,12,18H,1-4,7-8H2. The molecule has 0 aromatic heterocycles. The van der Waals surface area contributed by atoms with Crippen molar-refractivity contribution in [3.8, 4) is 6.07 Å². The van der Waals surface area contributed by atoms with Crippen molar-refractivity contribution < 1.29 is 13.5 Å². The van der Waals surface area contributed by atoms with Gasteiger partial charge in [-0.2, -0.15) is 9.57 Å². The average molecular weight is 329 g/mol. The molecule has 21 heavy (non-hydrogen) atoms. The Hall–Kier alpha value is -1.13. The lowest BCUT2D eigenvalue weighted by Gasteiger charge is -2.36. The van der Waals surface area contributed by atoms with Gasteiger partial charge in [-0.25, -0.2) is 8.42 Å². The third-order valence-electron chi connectivity index (χ3n) is 3.67. The fourth-order valence-electron chi connectivity index (χ4n) is 2.30. The second-order valence-electron chi connectivity index (χ2n) is 5.03. The molecule has 0 bridgehead atoms. The molecule has 1 aromatic carbocycles. The van der Waals surface area contributed by atoms with Crippen LogP contribution in [0.4, 0.5) is 0 Å². The van der Waals surface area contributed by atoms with Gasteiger partial charge < -0.3 is 5.11 Å². The van der Waals surface area contributed by atoms with Crippen LogP contribution in [0.3, 0.4) is 0 Å². The highest BCUT2D eigenvalue weighted by Crippen LogP contribution is 2.33. The lowest BCUT2D eigenvalue weighted by molar-refractivity contribution is 0.198. The third-order valence-corrected chi connectivity index (χ3v) is 6.10. The lowest BCUT2D eigenvalue weighted by atomic mass is 9.93. The maximum absolute atomic E-state index is 12.8. The van der Waals surface area contributed by atoms with Crippen molar-refractivity contribution in [2.24, 2.45) is 0 Å². The smallest absolute Gasteiger partial charge is 0.244 e. The van der Waals surface area contributed by atoms with E-state index < -0.39 is 10.0 Å². The Balaban J connectivity index is 2.40. The van der Waals surface area contributed by atoms with Crippen molar-refractivity contribution in [1.82, 2.24) is 4.31 Å². The van der Waals surface area contributed by atoms with Gasteiger partial charge in [-0.05, 0) is 37.5 Å². The van der Waals surface area contributed by atoms with E-state index in [2.05, 4.69) is 0 Å². The number of nitrogens with zero attached hydrogens (tertiary/aromatic N) is 2. The number of sulfonamides is 1.